The summed E-state index contributed by atoms with van der Waals surface area (Å²) >= 11 is 3.41. The van der Waals surface area contributed by atoms with E-state index in [1.807, 2.05) is 54.6 Å². The van der Waals surface area contributed by atoms with E-state index in [2.05, 4.69) is 33.5 Å². The van der Waals surface area contributed by atoms with Crippen LogP contribution in [0.25, 0.3) is 0 Å². The molecule has 2 N–H and O–H groups in total. The van der Waals surface area contributed by atoms with Crippen LogP contribution in [0.5, 0.6) is 0 Å². The molecule has 0 bridgehead atoms. The zero-order valence-electron chi connectivity index (χ0n) is 14.1. The third kappa shape index (κ3) is 5.77. The molecule has 0 aliphatic heterocycles. The molecule has 0 aliphatic rings. The van der Waals surface area contributed by atoms with Crippen LogP contribution < -0.4 is 10.6 Å². The van der Waals surface area contributed by atoms with Crippen molar-refractivity contribution in [1.82, 2.24) is 0 Å². The van der Waals surface area contributed by atoms with E-state index in [1.165, 1.54) is 11.8 Å². The highest BCUT2D eigenvalue weighted by Crippen LogP contribution is 2.21. The highest BCUT2D eigenvalue weighted by atomic mass is 79.9. The van der Waals surface area contributed by atoms with Gasteiger partial charge in [-0.2, -0.15) is 5.26 Å². The van der Waals surface area contributed by atoms with Crippen LogP contribution in [0.3, 0.4) is 0 Å². The van der Waals surface area contributed by atoms with Gasteiger partial charge in [-0.25, -0.2) is 0 Å². The molecule has 0 aromatic heterocycles. The Hall–Kier alpha value is -2.58. The summed E-state index contributed by atoms with van der Waals surface area (Å²) in [7, 11) is 0. The number of nitrogens with one attached hydrogen (secondary N) is 2. The number of nitriles is 1. The second-order valence-electron chi connectivity index (χ2n) is 5.55. The van der Waals surface area contributed by atoms with Crippen LogP contribution in [0.2, 0.25) is 0 Å². The van der Waals surface area contributed by atoms with Crippen LogP contribution in [-0.4, -0.2) is 5.91 Å². The highest BCUT2D eigenvalue weighted by Gasteiger charge is 2.09. The lowest BCUT2D eigenvalue weighted by Gasteiger charge is -2.07. The minimum Gasteiger partial charge on any atom is -0.359 e. The summed E-state index contributed by atoms with van der Waals surface area (Å²) in [5.41, 5.74) is 2.70. The predicted octanol–water partition coefficient (Wildman–Crippen LogP) is 5.25. The minimum atomic E-state index is -0.441. The topological polar surface area (TPSA) is 64.9 Å². The van der Waals surface area contributed by atoms with Gasteiger partial charge in [-0.1, -0.05) is 37.6 Å². The van der Waals surface area contributed by atoms with Crippen LogP contribution >= 0.6 is 15.9 Å². The molecule has 25 heavy (non-hydrogen) atoms. The van der Waals surface area contributed by atoms with Crippen molar-refractivity contribution in [2.45, 2.75) is 26.2 Å². The molecule has 128 valence electrons. The zero-order valence-corrected chi connectivity index (χ0v) is 15.6. The summed E-state index contributed by atoms with van der Waals surface area (Å²) in [6, 6.07) is 17.1. The monoisotopic (exact) mass is 397 g/mol. The fourth-order valence-corrected chi connectivity index (χ4v) is 2.61. The molecular formula is C20H20BrN3O. The van der Waals surface area contributed by atoms with Crippen molar-refractivity contribution >= 4 is 33.2 Å². The number of nitrogens with zero attached hydrogens (tertiary/aromatic N) is 1. The van der Waals surface area contributed by atoms with Crippen molar-refractivity contribution in [3.63, 3.8) is 0 Å². The molecule has 2 rings (SSSR count). The quantitative estimate of drug-likeness (QED) is 0.495. The van der Waals surface area contributed by atoms with Gasteiger partial charge in [0, 0.05) is 16.4 Å². The normalized spacial score (nSPS) is 10.8. The Morgan fingerprint density at radius 2 is 1.92 bits per heavy atom. The summed E-state index contributed by atoms with van der Waals surface area (Å²) < 4.78 is 0.853. The Bertz CT molecular complexity index is 791. The summed E-state index contributed by atoms with van der Waals surface area (Å²) in [5.74, 6) is -0.441. The van der Waals surface area contributed by atoms with Crippen molar-refractivity contribution in [2.24, 2.45) is 0 Å². The molecule has 0 spiro atoms. The van der Waals surface area contributed by atoms with Gasteiger partial charge < -0.3 is 10.6 Å². The van der Waals surface area contributed by atoms with Crippen molar-refractivity contribution in [2.75, 3.05) is 10.6 Å². The first-order chi connectivity index (χ1) is 12.1. The van der Waals surface area contributed by atoms with E-state index in [1.54, 1.807) is 0 Å². The van der Waals surface area contributed by atoms with E-state index in [9.17, 15) is 10.1 Å². The number of aryl methyl sites for hydroxylation is 1. The fraction of sp³-hybridized carbons (Fsp3) is 0.200. The van der Waals surface area contributed by atoms with Gasteiger partial charge in [-0.3, -0.25) is 4.79 Å². The second kappa shape index (κ2) is 9.65. The van der Waals surface area contributed by atoms with E-state index in [4.69, 9.17) is 0 Å². The number of halogens is 1. The lowest BCUT2D eigenvalue weighted by Crippen LogP contribution is -2.14. The van der Waals surface area contributed by atoms with Crippen LogP contribution in [0, 0.1) is 11.3 Å². The Morgan fingerprint density at radius 3 is 2.56 bits per heavy atom. The van der Waals surface area contributed by atoms with Crippen LogP contribution in [-0.2, 0) is 11.2 Å². The lowest BCUT2D eigenvalue weighted by molar-refractivity contribution is -0.112. The number of hydrogen-bond donors (Lipinski definition) is 2. The van der Waals surface area contributed by atoms with E-state index in [0.29, 0.717) is 5.69 Å². The molecule has 1 amide bonds. The van der Waals surface area contributed by atoms with E-state index >= 15 is 0 Å². The van der Waals surface area contributed by atoms with Gasteiger partial charge in [0.15, 0.2) is 0 Å². The van der Waals surface area contributed by atoms with Gasteiger partial charge in [-0.15, -0.1) is 0 Å². The van der Waals surface area contributed by atoms with Crippen molar-refractivity contribution in [1.29, 1.82) is 5.26 Å². The third-order valence-corrected chi connectivity index (χ3v) is 4.33. The number of carbonyl (C=O) groups excluding carboxylic acids is 1. The van der Waals surface area contributed by atoms with Gasteiger partial charge in [0.1, 0.15) is 11.6 Å². The molecule has 4 nitrogen and oxygen atoms in total. The lowest BCUT2D eigenvalue weighted by atomic mass is 10.1. The predicted molar refractivity (Wildman–Crippen MR) is 105 cm³/mol. The van der Waals surface area contributed by atoms with Gasteiger partial charge in [-0.05, 0) is 58.6 Å². The first-order valence-electron chi connectivity index (χ1n) is 8.15. The molecule has 0 saturated carbocycles. The molecule has 0 aliphatic carbocycles. The van der Waals surface area contributed by atoms with Crippen molar-refractivity contribution in [3.8, 4) is 6.07 Å². The third-order valence-electron chi connectivity index (χ3n) is 3.64. The number of benzene rings is 2. The van der Waals surface area contributed by atoms with Gasteiger partial charge in [0.2, 0.25) is 0 Å². The zero-order chi connectivity index (χ0) is 18.1. The van der Waals surface area contributed by atoms with E-state index in [-0.39, 0.29) is 5.57 Å². The molecule has 2 aromatic carbocycles. The maximum atomic E-state index is 12.3. The summed E-state index contributed by atoms with van der Waals surface area (Å²) in [6.07, 6.45) is 4.74. The molecule has 0 radical (unpaired) electrons. The molecule has 2 aromatic rings. The van der Waals surface area contributed by atoms with Crippen molar-refractivity contribution < 1.29 is 4.79 Å². The Morgan fingerprint density at radius 1 is 1.20 bits per heavy atom. The smallest absolute Gasteiger partial charge is 0.267 e. The first-order valence-corrected chi connectivity index (χ1v) is 8.95. The molecule has 0 heterocycles. The largest absolute Gasteiger partial charge is 0.359 e. The maximum Gasteiger partial charge on any atom is 0.267 e. The van der Waals surface area contributed by atoms with Gasteiger partial charge >= 0.3 is 0 Å². The number of carbonyl (C=O) groups is 1. The SMILES string of the molecule is CCCCc1ccc(NC(=O)/C(C#N)=C\Nc2ccccc2Br)cc1. The van der Waals surface area contributed by atoms with Crippen LogP contribution in [0.1, 0.15) is 25.3 Å². The number of amides is 1. The van der Waals surface area contributed by atoms with E-state index in [0.717, 1.165) is 29.4 Å². The Kier molecular flexibility index (Phi) is 7.24. The number of hydrogen-bond acceptors (Lipinski definition) is 3. The average molecular weight is 398 g/mol. The first kappa shape index (κ1) is 18.8. The highest BCUT2D eigenvalue weighted by molar-refractivity contribution is 9.10. The summed E-state index contributed by atoms with van der Waals surface area (Å²) in [4.78, 5) is 12.3. The molecule has 0 unspecified atom stereocenters. The Balaban J connectivity index is 2.01. The molecule has 0 saturated heterocycles. The summed E-state index contributed by atoms with van der Waals surface area (Å²) in [5, 5.41) is 14.9. The molecule has 5 heteroatoms. The second-order valence-corrected chi connectivity index (χ2v) is 6.40. The molecule has 0 atom stereocenters. The minimum absolute atomic E-state index is 0.00538. The van der Waals surface area contributed by atoms with Gasteiger partial charge in [0.05, 0.1) is 5.69 Å². The number of para-hydroxylation sites is 1. The molecule has 0 fully saturated rings. The van der Waals surface area contributed by atoms with Crippen molar-refractivity contribution in [3.05, 3.63) is 70.3 Å². The van der Waals surface area contributed by atoms with Crippen LogP contribution in [0.15, 0.2) is 64.8 Å². The Labute approximate surface area is 156 Å². The number of rotatable bonds is 7. The molecular weight excluding hydrogens is 378 g/mol. The summed E-state index contributed by atoms with van der Waals surface area (Å²) in [6.45, 7) is 2.16. The fourth-order valence-electron chi connectivity index (χ4n) is 2.21. The number of anilines is 2. The van der Waals surface area contributed by atoms with Gasteiger partial charge in [0.25, 0.3) is 5.91 Å². The average Bonchev–Trinajstić information content (AvgIpc) is 2.63. The standard InChI is InChI=1S/C20H20BrN3O/c1-2-3-6-15-9-11-17(12-10-15)24-20(25)16(13-22)14-23-19-8-5-4-7-18(19)21/h4-5,7-12,14,23H,2-3,6H2,1H3,(H,24,25)/b16-14-. The number of unbranched alkanes of at least 4 members (excludes halogenated alkanes) is 1. The van der Waals surface area contributed by atoms with Crippen LogP contribution in [0.4, 0.5) is 11.4 Å². The van der Waals surface area contributed by atoms with E-state index < -0.39 is 5.91 Å². The maximum absolute atomic E-state index is 12.3.